The number of nitrogen functional groups attached to an aromatic ring is 1. The van der Waals surface area contributed by atoms with Crippen molar-refractivity contribution < 1.29 is 9.22 Å². The maximum atomic E-state index is 13.5. The van der Waals surface area contributed by atoms with Gasteiger partial charge >= 0.3 is 0 Å². The van der Waals surface area contributed by atoms with E-state index >= 15 is 0 Å². The van der Waals surface area contributed by atoms with Crippen molar-refractivity contribution in [3.63, 3.8) is 0 Å². The molecule has 3 N–H and O–H groups in total. The fraction of sp³-hybridized carbons (Fsp3) is 0.286. The van der Waals surface area contributed by atoms with Gasteiger partial charge in [0.15, 0.2) is 11.5 Å². The van der Waals surface area contributed by atoms with E-state index in [-0.39, 0.29) is 24.9 Å². The Morgan fingerprint density at radius 3 is 3.20 bits per heavy atom. The maximum absolute atomic E-state index is 13.5. The molecule has 1 aliphatic heterocycles. The van der Waals surface area contributed by atoms with E-state index in [2.05, 4.69) is 20.2 Å². The minimum absolute atomic E-state index is 0.00255. The van der Waals surface area contributed by atoms with Crippen LogP contribution in [-0.2, 0) is 0 Å². The number of nitrogens with zero attached hydrogens (tertiary/aromatic N) is 4. The number of hydrogen-bond donors (Lipinski definition) is 2. The number of hydrogen-bond acceptors (Lipinski definition) is 6. The van der Waals surface area contributed by atoms with Crippen molar-refractivity contribution in [2.24, 2.45) is 0 Å². The van der Waals surface area contributed by atoms with E-state index in [4.69, 9.17) is 10.5 Å². The molecule has 0 atom stereocenters. The van der Waals surface area contributed by atoms with Crippen LogP contribution in [0.25, 0.3) is 11.0 Å². The molecule has 0 fully saturated rings. The van der Waals surface area contributed by atoms with Gasteiger partial charge in [0.2, 0.25) is 11.8 Å². The number of nitrogens with two attached hydrogens (primary N) is 1. The van der Waals surface area contributed by atoms with Gasteiger partial charge in [-0.15, -0.1) is 5.10 Å². The largest absolute Gasteiger partial charge is 0.474 e. The highest BCUT2D eigenvalue weighted by molar-refractivity contribution is 5.92. The van der Waals surface area contributed by atoms with E-state index in [1.54, 1.807) is 0 Å². The molecule has 1 aliphatic rings. The zero-order valence-corrected chi connectivity index (χ0v) is 7.57. The van der Waals surface area contributed by atoms with Crippen LogP contribution in [0.4, 0.5) is 16.2 Å². The summed E-state index contributed by atoms with van der Waals surface area (Å²) in [6.45, 7) is 0.286. The lowest BCUT2D eigenvalue weighted by Crippen LogP contribution is -2.19. The molecule has 0 spiro atoms. The Balaban J connectivity index is 2.39. The molecule has 3 heterocycles. The van der Waals surface area contributed by atoms with Crippen LogP contribution in [0.1, 0.15) is 0 Å². The number of nitrogens with one attached hydrogen (secondary N) is 1. The Labute approximate surface area is 83.0 Å². The summed E-state index contributed by atoms with van der Waals surface area (Å²) in [5.74, 6) is 0.399. The van der Waals surface area contributed by atoms with Gasteiger partial charge in [0.25, 0.3) is 0 Å². The highest BCUT2D eigenvalue weighted by atomic mass is 19.2. The minimum atomic E-state index is -0.00255. The molecule has 8 heteroatoms. The monoisotopic (exact) mass is 210 g/mol. The first-order chi connectivity index (χ1) is 7.25. The predicted molar refractivity (Wildman–Crippen MR) is 50.0 cm³/mol. The number of ether oxygens (including phenoxy) is 1. The smallest absolute Gasteiger partial charge is 0.246 e. The average Bonchev–Trinajstić information content (AvgIpc) is 2.52. The number of halogens is 1. The molecule has 0 bridgehead atoms. The zero-order chi connectivity index (χ0) is 10.4. The van der Waals surface area contributed by atoms with E-state index in [0.717, 1.165) is 0 Å². The van der Waals surface area contributed by atoms with Gasteiger partial charge in [-0.05, 0) is 0 Å². The quantitative estimate of drug-likeness (QED) is 0.595. The van der Waals surface area contributed by atoms with Crippen molar-refractivity contribution in [2.75, 3.05) is 24.0 Å². The van der Waals surface area contributed by atoms with Gasteiger partial charge in [-0.25, -0.2) is 0 Å². The average molecular weight is 210 g/mol. The number of aromatic nitrogens is 4. The highest BCUT2D eigenvalue weighted by Gasteiger charge is 2.23. The molecule has 0 amide bonds. The van der Waals surface area contributed by atoms with E-state index in [1.165, 1.54) is 0 Å². The Hall–Kier alpha value is -2.12. The Kier molecular flexibility index (Phi) is 1.47. The van der Waals surface area contributed by atoms with Crippen molar-refractivity contribution in [1.29, 1.82) is 0 Å². The van der Waals surface area contributed by atoms with Crippen LogP contribution in [0.5, 0.6) is 5.88 Å². The van der Waals surface area contributed by atoms with Crippen molar-refractivity contribution >= 4 is 22.8 Å². The molecule has 0 aliphatic carbocycles. The lowest BCUT2D eigenvalue weighted by atomic mass is 10.4. The second-order valence-electron chi connectivity index (χ2n) is 3.09. The van der Waals surface area contributed by atoms with Gasteiger partial charge in [0.05, 0.1) is 6.54 Å². The van der Waals surface area contributed by atoms with Crippen LogP contribution in [0.3, 0.4) is 0 Å². The summed E-state index contributed by atoms with van der Waals surface area (Å²) in [6.07, 6.45) is 0. The van der Waals surface area contributed by atoms with Crippen LogP contribution in [-0.4, -0.2) is 33.3 Å². The van der Waals surface area contributed by atoms with Crippen LogP contribution in [0.2, 0.25) is 0 Å². The first-order valence-corrected chi connectivity index (χ1v) is 4.33. The van der Waals surface area contributed by atoms with Crippen LogP contribution < -0.4 is 15.6 Å². The molecule has 0 saturated carbocycles. The predicted octanol–water partition coefficient (Wildman–Crippen LogP) is 0.0184. The van der Waals surface area contributed by atoms with Gasteiger partial charge in [-0.3, -0.25) is 5.10 Å². The number of H-pyrrole nitrogens is 1. The minimum Gasteiger partial charge on any atom is -0.474 e. The Bertz CT molecular complexity index is 525. The number of aromatic amines is 1. The van der Waals surface area contributed by atoms with Crippen molar-refractivity contribution in [3.05, 3.63) is 0 Å². The molecule has 3 rings (SSSR count). The normalized spacial score (nSPS) is 15.1. The summed E-state index contributed by atoms with van der Waals surface area (Å²) in [5.41, 5.74) is 5.81. The summed E-state index contributed by atoms with van der Waals surface area (Å²) in [4.78, 5) is 7.71. The third-order valence-electron chi connectivity index (χ3n) is 2.14. The number of rotatable bonds is 0. The van der Waals surface area contributed by atoms with Gasteiger partial charge in [-0.1, -0.05) is 4.48 Å². The SMILES string of the molecule is Nc1nc2c3c(n[nH]c3n1)OCCN2F. The van der Waals surface area contributed by atoms with Crippen molar-refractivity contribution in [1.82, 2.24) is 20.2 Å². The third kappa shape index (κ3) is 1.07. The van der Waals surface area contributed by atoms with E-state index in [0.29, 0.717) is 22.0 Å². The fourth-order valence-electron chi connectivity index (χ4n) is 1.51. The molecule has 0 unspecified atom stereocenters. The molecular formula is C7H7FN6O. The molecular weight excluding hydrogens is 203 g/mol. The van der Waals surface area contributed by atoms with Crippen molar-refractivity contribution in [2.45, 2.75) is 0 Å². The molecule has 78 valence electrons. The zero-order valence-electron chi connectivity index (χ0n) is 7.57. The summed E-state index contributed by atoms with van der Waals surface area (Å²) >= 11 is 0. The second-order valence-corrected chi connectivity index (χ2v) is 3.09. The van der Waals surface area contributed by atoms with E-state index < -0.39 is 0 Å². The van der Waals surface area contributed by atoms with Crippen molar-refractivity contribution in [3.8, 4) is 5.88 Å². The van der Waals surface area contributed by atoms with Gasteiger partial charge in [0, 0.05) is 0 Å². The molecule has 2 aromatic heterocycles. The van der Waals surface area contributed by atoms with Crippen LogP contribution >= 0.6 is 0 Å². The van der Waals surface area contributed by atoms with E-state index in [1.807, 2.05) is 0 Å². The van der Waals surface area contributed by atoms with E-state index in [9.17, 15) is 4.48 Å². The van der Waals surface area contributed by atoms with Gasteiger partial charge < -0.3 is 10.5 Å². The van der Waals surface area contributed by atoms with Crippen LogP contribution in [0.15, 0.2) is 0 Å². The second kappa shape index (κ2) is 2.69. The first-order valence-electron chi connectivity index (χ1n) is 4.33. The topological polar surface area (TPSA) is 93.0 Å². The molecule has 15 heavy (non-hydrogen) atoms. The summed E-state index contributed by atoms with van der Waals surface area (Å²) in [7, 11) is 0. The summed E-state index contributed by atoms with van der Waals surface area (Å²) in [5, 5.41) is 7.37. The maximum Gasteiger partial charge on any atom is 0.246 e. The molecule has 0 radical (unpaired) electrons. The molecule has 7 nitrogen and oxygen atoms in total. The van der Waals surface area contributed by atoms with Gasteiger partial charge in [0.1, 0.15) is 12.0 Å². The third-order valence-corrected chi connectivity index (χ3v) is 2.14. The Morgan fingerprint density at radius 2 is 2.33 bits per heavy atom. The van der Waals surface area contributed by atoms with Crippen LogP contribution in [0, 0.1) is 0 Å². The Morgan fingerprint density at radius 1 is 1.47 bits per heavy atom. The molecule has 2 aromatic rings. The van der Waals surface area contributed by atoms with Gasteiger partial charge in [-0.2, -0.15) is 15.1 Å². The summed E-state index contributed by atoms with van der Waals surface area (Å²) in [6, 6.07) is 0. The summed E-state index contributed by atoms with van der Waals surface area (Å²) < 4.78 is 18.7. The molecule has 0 saturated heterocycles. The number of anilines is 2. The lowest BCUT2D eigenvalue weighted by molar-refractivity contribution is 0.293. The lowest BCUT2D eigenvalue weighted by Gasteiger charge is -2.09. The highest BCUT2D eigenvalue weighted by Crippen LogP contribution is 2.32. The first kappa shape index (κ1) is 8.21. The molecule has 0 aromatic carbocycles. The standard InChI is InChI=1S/C7H7FN6O/c8-14-1-2-15-6-3-4(12-13-6)10-7(9)11-5(3)14/h1-2H2,(H3,9,10,11,12,13). The fourth-order valence-corrected chi connectivity index (χ4v) is 1.51.